The van der Waals surface area contributed by atoms with Gasteiger partial charge < -0.3 is 9.47 Å². The number of imidazole rings is 2. The van der Waals surface area contributed by atoms with Gasteiger partial charge in [0, 0.05) is 42.6 Å². The minimum Gasteiger partial charge on any atom is -0.337 e. The highest BCUT2D eigenvalue weighted by Gasteiger charge is 2.24. The first-order chi connectivity index (χ1) is 13.5. The molecule has 0 fully saturated rings. The number of thiazole rings is 1. The Bertz CT molecular complexity index is 1140. The number of hydrogen-bond acceptors (Lipinski definition) is 4. The van der Waals surface area contributed by atoms with Gasteiger partial charge in [0.2, 0.25) is 0 Å². The number of carbonyl (C=O) groups is 1. The van der Waals surface area contributed by atoms with Crippen molar-refractivity contribution in [2.75, 3.05) is 0 Å². The number of aryl methyl sites for hydroxylation is 2. The van der Waals surface area contributed by atoms with Crippen LogP contribution in [0.5, 0.6) is 0 Å². The normalized spacial score (nSPS) is 11.5. The average molecular weight is 394 g/mol. The number of benzene rings is 1. The third-order valence-electron chi connectivity index (χ3n) is 4.97. The van der Waals surface area contributed by atoms with E-state index >= 15 is 0 Å². The van der Waals surface area contributed by atoms with Gasteiger partial charge in [-0.05, 0) is 26.3 Å². The van der Waals surface area contributed by atoms with Gasteiger partial charge in [0.05, 0.1) is 12.2 Å². The van der Waals surface area contributed by atoms with E-state index in [-0.39, 0.29) is 11.9 Å². The molecule has 4 aromatic rings. The number of nitrogens with zero attached hydrogens (tertiary/aromatic N) is 5. The molecule has 4 rings (SSSR count). The highest BCUT2D eigenvalue weighted by atomic mass is 32.1. The smallest absolute Gasteiger partial charge is 0.272 e. The van der Waals surface area contributed by atoms with Crippen molar-refractivity contribution in [2.45, 2.75) is 33.4 Å². The van der Waals surface area contributed by atoms with Crippen molar-refractivity contribution in [3.63, 3.8) is 0 Å². The summed E-state index contributed by atoms with van der Waals surface area (Å²) in [4.78, 5) is 25.1. The lowest BCUT2D eigenvalue weighted by Gasteiger charge is -2.26. The number of aromatic nitrogens is 4. The first kappa shape index (κ1) is 18.4. The molecule has 0 radical (unpaired) electrons. The molecule has 0 saturated heterocycles. The summed E-state index contributed by atoms with van der Waals surface area (Å²) in [6, 6.07) is 8.21. The second-order valence-corrected chi connectivity index (χ2v) is 8.03. The van der Waals surface area contributed by atoms with E-state index in [2.05, 4.69) is 24.0 Å². The van der Waals surface area contributed by atoms with Crippen LogP contribution in [0.25, 0.3) is 16.2 Å². The summed E-state index contributed by atoms with van der Waals surface area (Å²) in [6.07, 6.45) is 5.61. The van der Waals surface area contributed by atoms with Gasteiger partial charge in [0.15, 0.2) is 4.96 Å². The molecule has 3 aromatic heterocycles. The number of rotatable bonds is 5. The fraction of sp³-hybridized carbons (Fsp3) is 0.286. The number of amides is 1. The van der Waals surface area contributed by atoms with E-state index in [9.17, 15) is 4.79 Å². The SMILES string of the molecule is Cc1ccccc1-c1cn2c(C(=O)N(Cc3nccn3C)C(C)C)csc2n1. The Morgan fingerprint density at radius 3 is 2.75 bits per heavy atom. The van der Waals surface area contributed by atoms with Crippen LogP contribution in [0.4, 0.5) is 0 Å². The van der Waals surface area contributed by atoms with Gasteiger partial charge in [-0.2, -0.15) is 0 Å². The summed E-state index contributed by atoms with van der Waals surface area (Å²) in [7, 11) is 1.94. The van der Waals surface area contributed by atoms with Crippen LogP contribution in [-0.4, -0.2) is 35.8 Å². The Morgan fingerprint density at radius 2 is 2.07 bits per heavy atom. The topological polar surface area (TPSA) is 55.4 Å². The molecule has 1 amide bonds. The minimum atomic E-state index is -0.0158. The maximum absolute atomic E-state index is 13.4. The fourth-order valence-corrected chi connectivity index (χ4v) is 4.11. The Balaban J connectivity index is 1.70. The molecule has 0 aliphatic heterocycles. The molecule has 6 nitrogen and oxygen atoms in total. The molecule has 7 heteroatoms. The minimum absolute atomic E-state index is 0.0158. The highest BCUT2D eigenvalue weighted by Crippen LogP contribution is 2.27. The molecule has 0 saturated carbocycles. The Morgan fingerprint density at radius 1 is 1.29 bits per heavy atom. The molecular weight excluding hydrogens is 370 g/mol. The molecule has 3 heterocycles. The zero-order chi connectivity index (χ0) is 19.8. The first-order valence-electron chi connectivity index (χ1n) is 9.25. The van der Waals surface area contributed by atoms with Crippen molar-refractivity contribution in [3.8, 4) is 11.3 Å². The second kappa shape index (κ2) is 7.24. The largest absolute Gasteiger partial charge is 0.337 e. The summed E-state index contributed by atoms with van der Waals surface area (Å²) in [5, 5.41) is 1.89. The zero-order valence-corrected chi connectivity index (χ0v) is 17.3. The van der Waals surface area contributed by atoms with Crippen LogP contribution >= 0.6 is 11.3 Å². The maximum Gasteiger partial charge on any atom is 0.272 e. The van der Waals surface area contributed by atoms with Crippen LogP contribution in [0.15, 0.2) is 48.2 Å². The van der Waals surface area contributed by atoms with Crippen LogP contribution in [-0.2, 0) is 13.6 Å². The lowest BCUT2D eigenvalue weighted by atomic mass is 10.1. The molecular formula is C21H23N5OS. The van der Waals surface area contributed by atoms with Crippen molar-refractivity contribution in [2.24, 2.45) is 7.05 Å². The van der Waals surface area contributed by atoms with Gasteiger partial charge in [-0.3, -0.25) is 9.20 Å². The summed E-state index contributed by atoms with van der Waals surface area (Å²) in [5.41, 5.74) is 3.78. The van der Waals surface area contributed by atoms with E-state index in [1.807, 2.05) is 64.7 Å². The van der Waals surface area contributed by atoms with Crippen molar-refractivity contribution in [1.29, 1.82) is 0 Å². The number of hydrogen-bond donors (Lipinski definition) is 0. The van der Waals surface area contributed by atoms with Gasteiger partial charge in [-0.1, -0.05) is 24.3 Å². The monoisotopic (exact) mass is 393 g/mol. The fourth-order valence-electron chi connectivity index (χ4n) is 3.27. The Hall–Kier alpha value is -2.93. The van der Waals surface area contributed by atoms with E-state index in [0.717, 1.165) is 22.0 Å². The Kier molecular flexibility index (Phi) is 4.77. The van der Waals surface area contributed by atoms with Gasteiger partial charge in [0.25, 0.3) is 5.91 Å². The molecule has 28 heavy (non-hydrogen) atoms. The lowest BCUT2D eigenvalue weighted by Crippen LogP contribution is -2.37. The maximum atomic E-state index is 13.4. The third-order valence-corrected chi connectivity index (χ3v) is 5.81. The predicted molar refractivity (Wildman–Crippen MR) is 111 cm³/mol. The van der Waals surface area contributed by atoms with Crippen molar-refractivity contribution in [1.82, 2.24) is 23.8 Å². The third kappa shape index (κ3) is 3.22. The highest BCUT2D eigenvalue weighted by molar-refractivity contribution is 7.15. The molecule has 0 aliphatic rings. The van der Waals surface area contributed by atoms with Crippen LogP contribution in [0.2, 0.25) is 0 Å². The van der Waals surface area contributed by atoms with Gasteiger partial charge >= 0.3 is 0 Å². The van der Waals surface area contributed by atoms with Crippen LogP contribution in [0.1, 0.15) is 35.7 Å². The summed E-state index contributed by atoms with van der Waals surface area (Å²) >= 11 is 1.49. The van der Waals surface area contributed by atoms with E-state index in [1.54, 1.807) is 6.20 Å². The van der Waals surface area contributed by atoms with E-state index in [1.165, 1.54) is 16.9 Å². The molecule has 0 spiro atoms. The average Bonchev–Trinajstić information content (AvgIpc) is 3.35. The van der Waals surface area contributed by atoms with Crippen molar-refractivity contribution < 1.29 is 4.79 Å². The van der Waals surface area contributed by atoms with E-state index < -0.39 is 0 Å². The quantitative estimate of drug-likeness (QED) is 0.512. The van der Waals surface area contributed by atoms with Crippen molar-refractivity contribution in [3.05, 3.63) is 65.3 Å². The van der Waals surface area contributed by atoms with Gasteiger partial charge in [-0.25, -0.2) is 9.97 Å². The molecule has 0 atom stereocenters. The summed E-state index contributed by atoms with van der Waals surface area (Å²) in [6.45, 7) is 6.59. The zero-order valence-electron chi connectivity index (χ0n) is 16.5. The molecule has 0 bridgehead atoms. The standard InChI is InChI=1S/C21H23N5OS/c1-14(2)25(12-19-22-9-10-24(19)4)20(27)18-13-28-21-23-17(11-26(18)21)16-8-6-5-7-15(16)3/h5-11,13-14H,12H2,1-4H3. The lowest BCUT2D eigenvalue weighted by molar-refractivity contribution is 0.0676. The Labute approximate surface area is 168 Å². The summed E-state index contributed by atoms with van der Waals surface area (Å²) in [5.74, 6) is 0.845. The molecule has 0 unspecified atom stereocenters. The number of carbonyl (C=O) groups excluding carboxylic acids is 1. The molecule has 0 aliphatic carbocycles. The molecule has 0 N–H and O–H groups in total. The molecule has 1 aromatic carbocycles. The van der Waals surface area contributed by atoms with E-state index in [4.69, 9.17) is 4.98 Å². The predicted octanol–water partition coefficient (Wildman–Crippen LogP) is 4.16. The van der Waals surface area contributed by atoms with Crippen LogP contribution in [0.3, 0.4) is 0 Å². The van der Waals surface area contributed by atoms with E-state index in [0.29, 0.717) is 12.2 Å². The first-order valence-corrected chi connectivity index (χ1v) is 10.1. The van der Waals surface area contributed by atoms with Crippen molar-refractivity contribution >= 4 is 22.2 Å². The van der Waals surface area contributed by atoms with Crippen LogP contribution < -0.4 is 0 Å². The number of fused-ring (bicyclic) bond motifs is 1. The van der Waals surface area contributed by atoms with Gasteiger partial charge in [0.1, 0.15) is 11.5 Å². The second-order valence-electron chi connectivity index (χ2n) is 7.20. The van der Waals surface area contributed by atoms with Crippen LogP contribution in [0, 0.1) is 6.92 Å². The summed E-state index contributed by atoms with van der Waals surface area (Å²) < 4.78 is 3.85. The molecule has 144 valence electrons. The van der Waals surface area contributed by atoms with Gasteiger partial charge in [-0.15, -0.1) is 11.3 Å².